The van der Waals surface area contributed by atoms with Crippen LogP contribution in [0.1, 0.15) is 23.1 Å². The Morgan fingerprint density at radius 1 is 1.04 bits per heavy atom. The lowest BCUT2D eigenvalue weighted by atomic mass is 10.1. The topological polar surface area (TPSA) is 49.7 Å². The van der Waals surface area contributed by atoms with E-state index in [4.69, 9.17) is 4.99 Å². The predicted molar refractivity (Wildman–Crippen MR) is 118 cm³/mol. The van der Waals surface area contributed by atoms with Gasteiger partial charge in [-0.2, -0.15) is 0 Å². The summed E-state index contributed by atoms with van der Waals surface area (Å²) in [5.74, 6) is 1.40. The normalized spacial score (nSPS) is 22.9. The standard InChI is InChI=1S/C22H26N2O2S2/c1-17-9-11-19(12-10-17)14-24-21-16-28(25,26)15-20(21)23-22(24)27-13-5-8-18-6-3-2-4-7-18/h2-4,6-7,9-12,20-21H,5,8,13-16H2,1H3/t20-,21+/m0/s1. The van der Waals surface area contributed by atoms with Crippen molar-refractivity contribution in [1.29, 1.82) is 0 Å². The third-order valence-electron chi connectivity index (χ3n) is 5.37. The average Bonchev–Trinajstić information content (AvgIpc) is 3.14. The van der Waals surface area contributed by atoms with Crippen molar-refractivity contribution in [2.24, 2.45) is 4.99 Å². The Bertz CT molecular complexity index is 940. The summed E-state index contributed by atoms with van der Waals surface area (Å²) in [5, 5.41) is 1.01. The second-order valence-electron chi connectivity index (χ2n) is 7.67. The van der Waals surface area contributed by atoms with E-state index in [0.29, 0.717) is 0 Å². The SMILES string of the molecule is Cc1ccc(CN2C(SCCCc3ccccc3)=N[C@H]3CS(=O)(=O)C[C@H]32)cc1. The molecule has 148 valence electrons. The molecule has 2 heterocycles. The first-order valence-corrected chi connectivity index (χ1v) is 12.6. The molecule has 0 radical (unpaired) electrons. The van der Waals surface area contributed by atoms with Crippen LogP contribution in [0.5, 0.6) is 0 Å². The molecule has 0 amide bonds. The zero-order chi connectivity index (χ0) is 19.6. The number of aryl methyl sites for hydroxylation is 2. The quantitative estimate of drug-likeness (QED) is 0.677. The summed E-state index contributed by atoms with van der Waals surface area (Å²) >= 11 is 1.77. The highest BCUT2D eigenvalue weighted by Crippen LogP contribution is 2.32. The molecule has 2 atom stereocenters. The Hall–Kier alpha value is -1.79. The van der Waals surface area contributed by atoms with Gasteiger partial charge in [0.25, 0.3) is 0 Å². The van der Waals surface area contributed by atoms with E-state index in [1.54, 1.807) is 11.8 Å². The zero-order valence-electron chi connectivity index (χ0n) is 16.1. The van der Waals surface area contributed by atoms with Crippen molar-refractivity contribution in [2.75, 3.05) is 17.3 Å². The van der Waals surface area contributed by atoms with Gasteiger partial charge in [-0.15, -0.1) is 0 Å². The Morgan fingerprint density at radius 3 is 2.54 bits per heavy atom. The van der Waals surface area contributed by atoms with Crippen molar-refractivity contribution in [1.82, 2.24) is 4.90 Å². The molecule has 0 saturated carbocycles. The fourth-order valence-corrected chi connectivity index (χ4v) is 6.79. The molecule has 2 aromatic carbocycles. The van der Waals surface area contributed by atoms with Crippen LogP contribution in [-0.4, -0.2) is 47.8 Å². The molecule has 2 aromatic rings. The van der Waals surface area contributed by atoms with Gasteiger partial charge in [-0.25, -0.2) is 8.42 Å². The molecular weight excluding hydrogens is 388 g/mol. The molecule has 0 aliphatic carbocycles. The second kappa shape index (κ2) is 8.29. The molecule has 0 unspecified atom stereocenters. The van der Waals surface area contributed by atoms with Crippen LogP contribution in [0.15, 0.2) is 59.6 Å². The minimum absolute atomic E-state index is 0.0112. The monoisotopic (exact) mass is 414 g/mol. The van der Waals surface area contributed by atoms with Crippen LogP contribution in [0.25, 0.3) is 0 Å². The fraction of sp³-hybridized carbons (Fsp3) is 0.409. The number of hydrogen-bond acceptors (Lipinski definition) is 5. The number of benzene rings is 2. The van der Waals surface area contributed by atoms with E-state index >= 15 is 0 Å². The van der Waals surface area contributed by atoms with Crippen molar-refractivity contribution in [3.8, 4) is 0 Å². The maximum Gasteiger partial charge on any atom is 0.160 e. The van der Waals surface area contributed by atoms with Crippen LogP contribution in [-0.2, 0) is 22.8 Å². The minimum atomic E-state index is -2.98. The van der Waals surface area contributed by atoms with Crippen LogP contribution in [0.3, 0.4) is 0 Å². The van der Waals surface area contributed by atoms with Gasteiger partial charge in [-0.05, 0) is 30.9 Å². The van der Waals surface area contributed by atoms with Crippen molar-refractivity contribution in [3.63, 3.8) is 0 Å². The number of thioether (sulfide) groups is 1. The number of rotatable bonds is 6. The van der Waals surface area contributed by atoms with Crippen LogP contribution in [0, 0.1) is 6.92 Å². The molecule has 0 aromatic heterocycles. The first kappa shape index (κ1) is 19.5. The van der Waals surface area contributed by atoms with Gasteiger partial charge in [-0.3, -0.25) is 4.99 Å². The molecular formula is C22H26N2O2S2. The molecule has 2 aliphatic heterocycles. The van der Waals surface area contributed by atoms with Gasteiger partial charge in [-0.1, -0.05) is 71.9 Å². The van der Waals surface area contributed by atoms with Gasteiger partial charge < -0.3 is 4.90 Å². The Labute approximate surface area is 172 Å². The first-order chi connectivity index (χ1) is 13.5. The van der Waals surface area contributed by atoms with Gasteiger partial charge in [0.1, 0.15) is 0 Å². The van der Waals surface area contributed by atoms with Crippen LogP contribution in [0.2, 0.25) is 0 Å². The van der Waals surface area contributed by atoms with Crippen molar-refractivity contribution < 1.29 is 8.42 Å². The van der Waals surface area contributed by atoms with E-state index in [1.165, 1.54) is 16.7 Å². The molecule has 1 fully saturated rings. The highest BCUT2D eigenvalue weighted by molar-refractivity contribution is 8.13. The smallest absolute Gasteiger partial charge is 0.160 e. The van der Waals surface area contributed by atoms with Gasteiger partial charge in [0.2, 0.25) is 0 Å². The maximum atomic E-state index is 12.1. The lowest BCUT2D eigenvalue weighted by molar-refractivity contribution is 0.343. The van der Waals surface area contributed by atoms with Crippen molar-refractivity contribution in [2.45, 2.75) is 38.4 Å². The van der Waals surface area contributed by atoms with Crippen molar-refractivity contribution >= 4 is 26.8 Å². The summed E-state index contributed by atoms with van der Waals surface area (Å²) in [7, 11) is -2.98. The summed E-state index contributed by atoms with van der Waals surface area (Å²) in [6.07, 6.45) is 2.14. The summed E-state index contributed by atoms with van der Waals surface area (Å²) < 4.78 is 24.2. The Balaban J connectivity index is 1.42. The fourth-order valence-electron chi connectivity index (χ4n) is 3.87. The molecule has 0 N–H and O–H groups in total. The van der Waals surface area contributed by atoms with E-state index in [9.17, 15) is 8.42 Å². The van der Waals surface area contributed by atoms with E-state index in [1.807, 2.05) is 6.07 Å². The largest absolute Gasteiger partial charge is 0.341 e. The first-order valence-electron chi connectivity index (χ1n) is 9.77. The molecule has 0 bridgehead atoms. The molecule has 6 heteroatoms. The summed E-state index contributed by atoms with van der Waals surface area (Å²) in [6, 6.07) is 18.9. The number of amidine groups is 1. The highest BCUT2D eigenvalue weighted by Gasteiger charge is 2.46. The van der Waals surface area contributed by atoms with Crippen LogP contribution >= 0.6 is 11.8 Å². The summed E-state index contributed by atoms with van der Waals surface area (Å²) in [4.78, 5) is 7.04. The molecule has 4 nitrogen and oxygen atoms in total. The molecule has 28 heavy (non-hydrogen) atoms. The average molecular weight is 415 g/mol. The van der Waals surface area contributed by atoms with E-state index in [-0.39, 0.29) is 23.6 Å². The maximum absolute atomic E-state index is 12.1. The third-order valence-corrected chi connectivity index (χ3v) is 8.16. The predicted octanol–water partition coefficient (Wildman–Crippen LogP) is 3.70. The molecule has 2 aliphatic rings. The summed E-state index contributed by atoms with van der Waals surface area (Å²) in [6.45, 7) is 2.80. The van der Waals surface area contributed by atoms with E-state index in [2.05, 4.69) is 60.4 Å². The second-order valence-corrected chi connectivity index (χ2v) is 10.9. The van der Waals surface area contributed by atoms with E-state index < -0.39 is 9.84 Å². The van der Waals surface area contributed by atoms with Gasteiger partial charge >= 0.3 is 0 Å². The van der Waals surface area contributed by atoms with Gasteiger partial charge in [0.05, 0.1) is 23.6 Å². The summed E-state index contributed by atoms with van der Waals surface area (Å²) in [5.41, 5.74) is 3.79. The molecule has 1 saturated heterocycles. The number of sulfone groups is 1. The number of aliphatic imine (C=N–C) groups is 1. The van der Waals surface area contributed by atoms with Gasteiger partial charge in [0, 0.05) is 12.3 Å². The lowest BCUT2D eigenvalue weighted by Crippen LogP contribution is -2.38. The number of nitrogens with zero attached hydrogens (tertiary/aromatic N) is 2. The van der Waals surface area contributed by atoms with Crippen LogP contribution in [0.4, 0.5) is 0 Å². The highest BCUT2D eigenvalue weighted by atomic mass is 32.2. The van der Waals surface area contributed by atoms with Crippen LogP contribution < -0.4 is 0 Å². The Kier molecular flexibility index (Phi) is 5.78. The number of fused-ring (bicyclic) bond motifs is 1. The van der Waals surface area contributed by atoms with E-state index in [0.717, 1.165) is 30.3 Å². The van der Waals surface area contributed by atoms with Gasteiger partial charge in [0.15, 0.2) is 15.0 Å². The Morgan fingerprint density at radius 2 is 1.79 bits per heavy atom. The zero-order valence-corrected chi connectivity index (χ0v) is 17.8. The third kappa shape index (κ3) is 4.61. The lowest BCUT2D eigenvalue weighted by Gasteiger charge is -2.26. The molecule has 4 rings (SSSR count). The van der Waals surface area contributed by atoms with Crippen molar-refractivity contribution in [3.05, 3.63) is 71.3 Å². The molecule has 0 spiro atoms. The minimum Gasteiger partial charge on any atom is -0.341 e. The number of hydrogen-bond donors (Lipinski definition) is 0.